The van der Waals surface area contributed by atoms with Crippen molar-refractivity contribution < 1.29 is 38.1 Å². The Balaban J connectivity index is 0.000000615. The molecule has 0 radical (unpaired) electrons. The van der Waals surface area contributed by atoms with Crippen LogP contribution in [0, 0.1) is 17.8 Å². The predicted molar refractivity (Wildman–Crippen MR) is 162 cm³/mol. The fraction of sp³-hybridized carbons (Fsp3) is 0.500. The third-order valence-electron chi connectivity index (χ3n) is 5.97. The van der Waals surface area contributed by atoms with Crippen LogP contribution in [0.15, 0.2) is 60.7 Å². The van der Waals surface area contributed by atoms with Crippen LogP contribution >= 0.6 is 11.8 Å². The van der Waals surface area contributed by atoms with E-state index in [0.29, 0.717) is 6.42 Å². The minimum Gasteiger partial charge on any atom is -0.469 e. The molecule has 2 aromatic carbocycles. The maximum Gasteiger partial charge on any atom is 0.308 e. The van der Waals surface area contributed by atoms with Crippen LogP contribution in [-0.2, 0) is 51.2 Å². The van der Waals surface area contributed by atoms with Crippen LogP contribution in [0.5, 0.6) is 0 Å². The number of esters is 4. The Morgan fingerprint density at radius 2 is 1.10 bits per heavy atom. The number of thioether (sulfide) groups is 1. The summed E-state index contributed by atoms with van der Waals surface area (Å²) in [6.07, 6.45) is 4.36. The highest BCUT2D eigenvalue weighted by molar-refractivity contribution is 7.98. The maximum atomic E-state index is 11.5. The number of ether oxygens (including phenoxy) is 4. The van der Waals surface area contributed by atoms with E-state index in [1.54, 1.807) is 18.7 Å². The van der Waals surface area contributed by atoms with Crippen LogP contribution in [0.2, 0.25) is 0 Å². The first-order valence-corrected chi connectivity index (χ1v) is 14.9. The van der Waals surface area contributed by atoms with Gasteiger partial charge in [0.25, 0.3) is 0 Å². The average molecular weight is 591 g/mol. The van der Waals surface area contributed by atoms with Gasteiger partial charge in [-0.1, -0.05) is 81.4 Å². The third kappa shape index (κ3) is 18.6. The predicted octanol–water partition coefficient (Wildman–Crippen LogP) is 5.91. The molecule has 8 nitrogen and oxygen atoms in total. The molecule has 0 aliphatic heterocycles. The molecule has 2 aromatic rings. The second kappa shape index (κ2) is 23.4. The molecule has 0 heterocycles. The molecule has 0 aromatic heterocycles. The van der Waals surface area contributed by atoms with Crippen molar-refractivity contribution in [3.63, 3.8) is 0 Å². The summed E-state index contributed by atoms with van der Waals surface area (Å²) in [5.74, 6) is -0.113. The molecule has 41 heavy (non-hydrogen) atoms. The van der Waals surface area contributed by atoms with Crippen LogP contribution in [0.25, 0.3) is 0 Å². The Labute approximate surface area is 249 Å². The van der Waals surface area contributed by atoms with Crippen molar-refractivity contribution in [3.8, 4) is 0 Å². The molecule has 2 rings (SSSR count). The molecule has 0 aliphatic carbocycles. The third-order valence-corrected chi connectivity index (χ3v) is 6.62. The highest BCUT2D eigenvalue weighted by atomic mass is 32.2. The van der Waals surface area contributed by atoms with Crippen molar-refractivity contribution in [2.45, 2.75) is 53.1 Å². The van der Waals surface area contributed by atoms with Crippen LogP contribution in [0.3, 0.4) is 0 Å². The number of carbonyl (C=O) groups excluding carboxylic acids is 4. The Morgan fingerprint density at radius 1 is 0.659 bits per heavy atom. The van der Waals surface area contributed by atoms with E-state index in [1.165, 1.54) is 26.9 Å². The zero-order chi connectivity index (χ0) is 31.0. The second-order valence-electron chi connectivity index (χ2n) is 9.43. The minimum absolute atomic E-state index is 0.0532. The Morgan fingerprint density at radius 3 is 1.56 bits per heavy atom. The number of benzene rings is 2. The van der Waals surface area contributed by atoms with Gasteiger partial charge in [0.05, 0.1) is 39.1 Å². The van der Waals surface area contributed by atoms with Crippen LogP contribution in [-0.4, -0.2) is 57.2 Å². The van der Waals surface area contributed by atoms with Gasteiger partial charge in [0.1, 0.15) is 6.61 Å². The standard InChI is InChI=1S/C14H18O4.C11H14O2.C7H14O2S/c1-11(14(16)17-2)8-9-13(15)18-10-12-6-4-3-5-7-12;1-9(11(12)13-2)8-10-6-4-3-5-7-10;1-6(4-5-10-3)7(8)9-2/h3-7,11H,8-10H2,1-2H3;3-7,9H,8H2,1-2H3;6H,4-5H2,1-3H3. The van der Waals surface area contributed by atoms with E-state index >= 15 is 0 Å². The molecule has 0 saturated carbocycles. The summed E-state index contributed by atoms with van der Waals surface area (Å²) < 4.78 is 18.9. The van der Waals surface area contributed by atoms with E-state index in [-0.39, 0.29) is 54.7 Å². The van der Waals surface area contributed by atoms with Gasteiger partial charge in [-0.25, -0.2) is 0 Å². The fourth-order valence-corrected chi connectivity index (χ4v) is 3.92. The van der Waals surface area contributed by atoms with Crippen molar-refractivity contribution >= 4 is 35.6 Å². The summed E-state index contributed by atoms with van der Waals surface area (Å²) in [6.45, 7) is 5.77. The van der Waals surface area contributed by atoms with E-state index in [9.17, 15) is 19.2 Å². The molecule has 0 N–H and O–H groups in total. The molecule has 9 heteroatoms. The minimum atomic E-state index is -0.300. The lowest BCUT2D eigenvalue weighted by atomic mass is 10.0. The SMILES string of the molecule is COC(=O)C(C)CCC(=O)OCc1ccccc1.COC(=O)C(C)CCSC.COC(=O)C(C)Cc1ccccc1. The normalized spacial score (nSPS) is 12.1. The summed E-state index contributed by atoms with van der Waals surface area (Å²) in [5.41, 5.74) is 2.12. The molecule has 228 valence electrons. The highest BCUT2D eigenvalue weighted by Crippen LogP contribution is 2.11. The first-order chi connectivity index (χ1) is 19.6. The topological polar surface area (TPSA) is 105 Å². The van der Waals surface area contributed by atoms with E-state index in [0.717, 1.165) is 24.2 Å². The van der Waals surface area contributed by atoms with Gasteiger partial charge in [0, 0.05) is 6.42 Å². The Hall–Kier alpha value is -3.33. The monoisotopic (exact) mass is 590 g/mol. The zero-order valence-corrected chi connectivity index (χ0v) is 26.2. The van der Waals surface area contributed by atoms with Crippen LogP contribution in [0.1, 0.15) is 51.2 Å². The first-order valence-electron chi connectivity index (χ1n) is 13.5. The molecule has 3 atom stereocenters. The summed E-state index contributed by atoms with van der Waals surface area (Å²) in [7, 11) is 4.19. The first kappa shape index (κ1) is 37.7. The molecule has 0 fully saturated rings. The number of hydrogen-bond acceptors (Lipinski definition) is 9. The van der Waals surface area contributed by atoms with Crippen molar-refractivity contribution in [1.29, 1.82) is 0 Å². The van der Waals surface area contributed by atoms with Gasteiger partial charge in [0.15, 0.2) is 0 Å². The van der Waals surface area contributed by atoms with Crippen molar-refractivity contribution in [3.05, 3.63) is 71.8 Å². The van der Waals surface area contributed by atoms with Gasteiger partial charge < -0.3 is 18.9 Å². The van der Waals surface area contributed by atoms with Crippen LogP contribution < -0.4 is 0 Å². The van der Waals surface area contributed by atoms with Crippen molar-refractivity contribution in [2.24, 2.45) is 17.8 Å². The summed E-state index contributed by atoms with van der Waals surface area (Å²) in [6, 6.07) is 19.4. The smallest absolute Gasteiger partial charge is 0.308 e. The highest BCUT2D eigenvalue weighted by Gasteiger charge is 2.15. The molecule has 0 amide bonds. The van der Waals surface area contributed by atoms with Crippen LogP contribution in [0.4, 0.5) is 0 Å². The van der Waals surface area contributed by atoms with E-state index < -0.39 is 0 Å². The Bertz CT molecular complexity index is 997. The molecule has 0 bridgehead atoms. The van der Waals surface area contributed by atoms with E-state index in [2.05, 4.69) is 14.2 Å². The fourth-order valence-electron chi connectivity index (χ4n) is 3.33. The molecule has 0 saturated heterocycles. The summed E-state index contributed by atoms with van der Waals surface area (Å²) in [4.78, 5) is 44.5. The van der Waals surface area contributed by atoms with Gasteiger partial charge in [-0.2, -0.15) is 11.8 Å². The van der Waals surface area contributed by atoms with Gasteiger partial charge in [-0.15, -0.1) is 0 Å². The number of methoxy groups -OCH3 is 3. The molecule has 0 aliphatic rings. The molecular formula is C32H46O8S. The number of rotatable bonds is 13. The lowest BCUT2D eigenvalue weighted by molar-refractivity contribution is -0.148. The number of carbonyl (C=O) groups is 4. The van der Waals surface area contributed by atoms with Gasteiger partial charge in [0.2, 0.25) is 0 Å². The van der Waals surface area contributed by atoms with E-state index in [4.69, 9.17) is 4.74 Å². The molecule has 0 spiro atoms. The second-order valence-corrected chi connectivity index (χ2v) is 10.4. The largest absolute Gasteiger partial charge is 0.469 e. The lowest BCUT2D eigenvalue weighted by Crippen LogP contribution is -2.15. The van der Waals surface area contributed by atoms with Crippen molar-refractivity contribution in [2.75, 3.05) is 33.3 Å². The van der Waals surface area contributed by atoms with Gasteiger partial charge in [-0.3, -0.25) is 19.2 Å². The summed E-state index contributed by atoms with van der Waals surface area (Å²) >= 11 is 1.75. The Kier molecular flexibility index (Phi) is 21.5. The quantitative estimate of drug-likeness (QED) is 0.208. The zero-order valence-electron chi connectivity index (χ0n) is 25.4. The lowest BCUT2D eigenvalue weighted by Gasteiger charge is -2.08. The van der Waals surface area contributed by atoms with Gasteiger partial charge >= 0.3 is 23.9 Å². The molecular weight excluding hydrogens is 544 g/mol. The molecule has 3 unspecified atom stereocenters. The van der Waals surface area contributed by atoms with Crippen molar-refractivity contribution in [1.82, 2.24) is 0 Å². The summed E-state index contributed by atoms with van der Waals surface area (Å²) in [5, 5.41) is 0. The van der Waals surface area contributed by atoms with E-state index in [1.807, 2.05) is 80.8 Å². The average Bonchev–Trinajstić information content (AvgIpc) is 3.01. The number of hydrogen-bond donors (Lipinski definition) is 0. The maximum absolute atomic E-state index is 11.5. The van der Waals surface area contributed by atoms with Gasteiger partial charge in [-0.05, 0) is 42.4 Å².